The van der Waals surface area contributed by atoms with Crippen LogP contribution in [0.25, 0.3) is 11.3 Å². The predicted molar refractivity (Wildman–Crippen MR) is 106 cm³/mol. The minimum Gasteiger partial charge on any atom is -0.493 e. The number of thiazole rings is 1. The van der Waals surface area contributed by atoms with E-state index in [2.05, 4.69) is 15.1 Å². The number of nitrogens with zero attached hydrogens (tertiary/aromatic N) is 4. The van der Waals surface area contributed by atoms with Crippen LogP contribution in [-0.4, -0.2) is 44.3 Å². The van der Waals surface area contributed by atoms with E-state index in [1.54, 1.807) is 51.7 Å². The first kappa shape index (κ1) is 18.7. The first-order chi connectivity index (χ1) is 13.2. The summed E-state index contributed by atoms with van der Waals surface area (Å²) in [6.45, 7) is 0. The van der Waals surface area contributed by atoms with Crippen molar-refractivity contribution in [1.29, 1.82) is 0 Å². The van der Waals surface area contributed by atoms with Gasteiger partial charge in [-0.05, 0) is 29.8 Å². The van der Waals surface area contributed by atoms with E-state index in [0.717, 1.165) is 21.6 Å². The van der Waals surface area contributed by atoms with Crippen molar-refractivity contribution < 1.29 is 14.2 Å². The number of hydrogen-bond donors (Lipinski definition) is 0. The predicted octanol–water partition coefficient (Wildman–Crippen LogP) is 3.05. The van der Waals surface area contributed by atoms with Gasteiger partial charge in [-0.25, -0.2) is 4.68 Å². The van der Waals surface area contributed by atoms with Crippen LogP contribution in [0, 0.1) is 0 Å². The third-order valence-electron chi connectivity index (χ3n) is 3.87. The Hall–Kier alpha value is -3.13. The van der Waals surface area contributed by atoms with Crippen molar-refractivity contribution in [1.82, 2.24) is 9.66 Å². The summed E-state index contributed by atoms with van der Waals surface area (Å²) in [5, 5.41) is 6.60. The molecule has 3 aromatic rings. The van der Waals surface area contributed by atoms with Crippen LogP contribution in [0.1, 0.15) is 5.56 Å². The summed E-state index contributed by atoms with van der Waals surface area (Å²) in [4.78, 5) is 9.10. The van der Waals surface area contributed by atoms with Gasteiger partial charge in [0.1, 0.15) is 0 Å². The van der Waals surface area contributed by atoms with Gasteiger partial charge in [-0.15, -0.1) is 11.3 Å². The van der Waals surface area contributed by atoms with E-state index < -0.39 is 0 Å². The van der Waals surface area contributed by atoms with E-state index in [-0.39, 0.29) is 0 Å². The molecule has 8 heteroatoms. The van der Waals surface area contributed by atoms with Crippen LogP contribution in [0.5, 0.6) is 17.2 Å². The molecule has 0 unspecified atom stereocenters. The molecule has 1 aromatic carbocycles. The molecule has 0 fully saturated rings. The van der Waals surface area contributed by atoms with Crippen molar-refractivity contribution in [3.8, 4) is 28.5 Å². The summed E-state index contributed by atoms with van der Waals surface area (Å²) in [7, 11) is 6.51. The molecule has 0 aliphatic heterocycles. The van der Waals surface area contributed by atoms with E-state index in [4.69, 9.17) is 14.2 Å². The number of rotatable bonds is 6. The lowest BCUT2D eigenvalue weighted by atomic mass is 10.1. The highest BCUT2D eigenvalue weighted by molar-refractivity contribution is 7.07. The van der Waals surface area contributed by atoms with Gasteiger partial charge in [0.2, 0.25) is 10.6 Å². The summed E-state index contributed by atoms with van der Waals surface area (Å²) < 4.78 is 18.1. The summed E-state index contributed by atoms with van der Waals surface area (Å²) in [5.41, 5.74) is 2.69. The Balaban J connectivity index is 2.13. The number of aromatic nitrogens is 2. The van der Waals surface area contributed by atoms with E-state index in [1.165, 1.54) is 11.3 Å². The zero-order chi connectivity index (χ0) is 19.2. The third-order valence-corrected chi connectivity index (χ3v) is 4.77. The Morgan fingerprint density at radius 3 is 2.26 bits per heavy atom. The van der Waals surface area contributed by atoms with Gasteiger partial charge in [0.25, 0.3) is 0 Å². The lowest BCUT2D eigenvalue weighted by Gasteiger charge is -2.14. The molecule has 0 bridgehead atoms. The highest BCUT2D eigenvalue weighted by Crippen LogP contribution is 2.41. The Bertz CT molecular complexity index is 984. The molecular weight excluding hydrogens is 364 g/mol. The van der Waals surface area contributed by atoms with Crippen molar-refractivity contribution in [2.45, 2.75) is 0 Å². The van der Waals surface area contributed by atoms with Crippen LogP contribution in [0.15, 0.2) is 52.1 Å². The van der Waals surface area contributed by atoms with Crippen LogP contribution in [0.2, 0.25) is 0 Å². The number of pyridine rings is 1. The van der Waals surface area contributed by atoms with Crippen molar-refractivity contribution >= 4 is 17.6 Å². The second kappa shape index (κ2) is 8.50. The minimum absolute atomic E-state index is 0.547. The highest BCUT2D eigenvalue weighted by atomic mass is 32.1. The molecule has 0 N–H and O–H groups in total. The molecule has 3 rings (SSSR count). The normalized spacial score (nSPS) is 11.8. The van der Waals surface area contributed by atoms with Gasteiger partial charge in [-0.3, -0.25) is 9.98 Å². The Labute approximate surface area is 161 Å². The standard InChI is InChI=1S/C19H20N4O3S/c1-20-19-23(22-11-13-5-7-21-8-6-13)15(12-27-19)14-9-16(24-2)18(26-4)17(10-14)25-3/h5-12H,1-4H3. The van der Waals surface area contributed by atoms with Crippen LogP contribution >= 0.6 is 11.3 Å². The van der Waals surface area contributed by atoms with Crippen LogP contribution in [-0.2, 0) is 0 Å². The first-order valence-electron chi connectivity index (χ1n) is 8.10. The zero-order valence-corrected chi connectivity index (χ0v) is 16.4. The van der Waals surface area contributed by atoms with E-state index in [9.17, 15) is 0 Å². The second-order valence-electron chi connectivity index (χ2n) is 5.38. The maximum atomic E-state index is 5.46. The highest BCUT2D eigenvalue weighted by Gasteiger charge is 2.16. The molecule has 0 atom stereocenters. The minimum atomic E-state index is 0.547. The van der Waals surface area contributed by atoms with E-state index in [1.807, 2.05) is 29.6 Å². The molecule has 0 aliphatic rings. The van der Waals surface area contributed by atoms with Crippen LogP contribution in [0.3, 0.4) is 0 Å². The molecule has 7 nitrogen and oxygen atoms in total. The molecule has 0 radical (unpaired) electrons. The number of methoxy groups -OCH3 is 3. The molecule has 2 heterocycles. The van der Waals surface area contributed by atoms with Crippen LogP contribution < -0.4 is 19.0 Å². The van der Waals surface area contributed by atoms with E-state index in [0.29, 0.717) is 17.2 Å². The Kier molecular flexibility index (Phi) is 5.87. The Morgan fingerprint density at radius 2 is 1.70 bits per heavy atom. The molecular formula is C19H20N4O3S. The van der Waals surface area contributed by atoms with Crippen LogP contribution in [0.4, 0.5) is 0 Å². The quantitative estimate of drug-likeness (QED) is 0.613. The van der Waals surface area contributed by atoms with Crippen molar-refractivity contribution in [3.63, 3.8) is 0 Å². The van der Waals surface area contributed by atoms with Gasteiger partial charge < -0.3 is 14.2 Å². The Morgan fingerprint density at radius 1 is 1.04 bits per heavy atom. The van der Waals surface area contributed by atoms with Gasteiger partial charge in [0, 0.05) is 30.4 Å². The number of ether oxygens (including phenoxy) is 3. The first-order valence-corrected chi connectivity index (χ1v) is 8.98. The summed E-state index contributed by atoms with van der Waals surface area (Å²) in [6, 6.07) is 7.55. The fraction of sp³-hybridized carbons (Fsp3) is 0.211. The fourth-order valence-corrected chi connectivity index (χ4v) is 3.37. The van der Waals surface area contributed by atoms with Crippen molar-refractivity contribution in [2.24, 2.45) is 10.1 Å². The van der Waals surface area contributed by atoms with Gasteiger partial charge in [-0.1, -0.05) is 0 Å². The second-order valence-corrected chi connectivity index (χ2v) is 6.21. The monoisotopic (exact) mass is 384 g/mol. The SMILES string of the molecule is CN=c1scc(-c2cc(OC)c(OC)c(OC)c2)n1N=Cc1ccncc1. The molecule has 140 valence electrons. The van der Waals surface area contributed by atoms with Gasteiger partial charge in [-0.2, -0.15) is 5.10 Å². The number of hydrogen-bond acceptors (Lipinski definition) is 7. The van der Waals surface area contributed by atoms with Gasteiger partial charge in [0.05, 0.1) is 33.2 Å². The summed E-state index contributed by atoms with van der Waals surface area (Å²) >= 11 is 1.50. The average molecular weight is 384 g/mol. The number of benzene rings is 1. The smallest absolute Gasteiger partial charge is 0.205 e. The molecule has 0 aliphatic carbocycles. The fourth-order valence-electron chi connectivity index (χ4n) is 2.56. The summed E-state index contributed by atoms with van der Waals surface area (Å²) in [5.74, 6) is 1.71. The summed E-state index contributed by atoms with van der Waals surface area (Å²) in [6.07, 6.45) is 5.22. The lowest BCUT2D eigenvalue weighted by Crippen LogP contribution is -2.11. The van der Waals surface area contributed by atoms with E-state index >= 15 is 0 Å². The molecule has 0 saturated carbocycles. The third kappa shape index (κ3) is 3.85. The molecule has 0 amide bonds. The topological polar surface area (TPSA) is 70.2 Å². The van der Waals surface area contributed by atoms with Gasteiger partial charge >= 0.3 is 0 Å². The maximum Gasteiger partial charge on any atom is 0.205 e. The van der Waals surface area contributed by atoms with Crippen molar-refractivity contribution in [2.75, 3.05) is 28.4 Å². The molecule has 0 spiro atoms. The van der Waals surface area contributed by atoms with Gasteiger partial charge in [0.15, 0.2) is 11.5 Å². The maximum absolute atomic E-state index is 5.46. The molecule has 27 heavy (non-hydrogen) atoms. The largest absolute Gasteiger partial charge is 0.493 e. The van der Waals surface area contributed by atoms with Crippen molar-refractivity contribution in [3.05, 3.63) is 52.4 Å². The zero-order valence-electron chi connectivity index (χ0n) is 15.5. The average Bonchev–Trinajstić information content (AvgIpc) is 3.14. The molecule has 0 saturated heterocycles. The lowest BCUT2D eigenvalue weighted by molar-refractivity contribution is 0.324. The molecule has 2 aromatic heterocycles.